The number of carbonyl (C=O) groups excluding carboxylic acids is 2. The summed E-state index contributed by atoms with van der Waals surface area (Å²) in [5.74, 6) is -0.103. The van der Waals surface area contributed by atoms with Crippen LogP contribution >= 0.6 is 11.6 Å². The Morgan fingerprint density at radius 2 is 1.79 bits per heavy atom. The third kappa shape index (κ3) is 4.30. The molecule has 0 radical (unpaired) electrons. The molecule has 0 unspecified atom stereocenters. The van der Waals surface area contributed by atoms with E-state index >= 15 is 0 Å². The molecule has 0 bridgehead atoms. The number of amides is 2. The van der Waals surface area contributed by atoms with E-state index in [4.69, 9.17) is 16.3 Å². The molecule has 28 heavy (non-hydrogen) atoms. The maximum absolute atomic E-state index is 13.0. The van der Waals surface area contributed by atoms with Gasteiger partial charge in [-0.2, -0.15) is 5.10 Å². The smallest absolute Gasteiger partial charge is 0.428 e. The monoisotopic (exact) mass is 404 g/mol. The van der Waals surface area contributed by atoms with Crippen molar-refractivity contribution in [2.24, 2.45) is 0 Å². The van der Waals surface area contributed by atoms with Crippen LogP contribution in [0.3, 0.4) is 0 Å². The Morgan fingerprint density at radius 1 is 1.14 bits per heavy atom. The molecule has 1 fully saturated rings. The average Bonchev–Trinajstić information content (AvgIpc) is 3.11. The number of halogens is 1. The van der Waals surface area contributed by atoms with Gasteiger partial charge in [0.15, 0.2) is 0 Å². The van der Waals surface area contributed by atoms with Crippen LogP contribution in [0, 0.1) is 13.8 Å². The minimum Gasteiger partial charge on any atom is -0.448 e. The molecular weight excluding hydrogens is 380 g/mol. The molecule has 1 aromatic carbocycles. The van der Waals surface area contributed by atoms with Gasteiger partial charge < -0.3 is 4.74 Å². The third-order valence-corrected chi connectivity index (χ3v) is 5.07. The number of hydrazine groups is 1. The molecule has 8 heteroatoms. The predicted octanol–water partition coefficient (Wildman–Crippen LogP) is 3.68. The zero-order chi connectivity index (χ0) is 20.3. The van der Waals surface area contributed by atoms with Crippen LogP contribution in [0.1, 0.15) is 36.5 Å². The summed E-state index contributed by atoms with van der Waals surface area (Å²) in [5, 5.41) is 7.76. The van der Waals surface area contributed by atoms with Crippen LogP contribution in [0.4, 0.5) is 4.79 Å². The van der Waals surface area contributed by atoms with E-state index in [-0.39, 0.29) is 18.9 Å². The van der Waals surface area contributed by atoms with Gasteiger partial charge in [0.05, 0.1) is 29.9 Å². The van der Waals surface area contributed by atoms with Crippen LogP contribution in [0.15, 0.2) is 24.5 Å². The lowest BCUT2D eigenvalue weighted by Gasteiger charge is -2.37. The van der Waals surface area contributed by atoms with E-state index in [1.807, 2.05) is 26.0 Å². The number of hydrogen-bond acceptors (Lipinski definition) is 4. The van der Waals surface area contributed by atoms with E-state index in [1.54, 1.807) is 24.0 Å². The molecule has 0 atom stereocenters. The summed E-state index contributed by atoms with van der Waals surface area (Å²) in [7, 11) is 0. The van der Waals surface area contributed by atoms with Gasteiger partial charge in [0.1, 0.15) is 0 Å². The van der Waals surface area contributed by atoms with Crippen molar-refractivity contribution in [3.63, 3.8) is 0 Å². The van der Waals surface area contributed by atoms with Crippen molar-refractivity contribution in [1.82, 2.24) is 19.8 Å². The number of aromatic nitrogens is 2. The molecular formula is C20H25ClN4O3. The first-order chi connectivity index (χ1) is 13.4. The summed E-state index contributed by atoms with van der Waals surface area (Å²) in [4.78, 5) is 25.2. The highest BCUT2D eigenvalue weighted by atomic mass is 35.5. The van der Waals surface area contributed by atoms with Crippen LogP contribution in [-0.4, -0.2) is 51.5 Å². The lowest BCUT2D eigenvalue weighted by Crippen LogP contribution is -2.53. The van der Waals surface area contributed by atoms with Crippen LogP contribution in [0.2, 0.25) is 5.02 Å². The number of aryl methyl sites for hydroxylation is 2. The second kappa shape index (κ2) is 8.65. The van der Waals surface area contributed by atoms with Gasteiger partial charge in [0.25, 0.3) is 0 Å². The Kier molecular flexibility index (Phi) is 6.24. The minimum atomic E-state index is -0.463. The molecule has 0 spiro atoms. The van der Waals surface area contributed by atoms with Gasteiger partial charge in [-0.05, 0) is 62.4 Å². The number of nitrogens with zero attached hydrogens (tertiary/aromatic N) is 4. The molecule has 0 N–H and O–H groups in total. The molecule has 0 saturated carbocycles. The lowest BCUT2D eigenvalue weighted by atomic mass is 9.98. The van der Waals surface area contributed by atoms with Crippen LogP contribution in [0.25, 0.3) is 5.69 Å². The number of rotatable bonds is 4. The van der Waals surface area contributed by atoms with E-state index in [0.717, 1.165) is 35.2 Å². The summed E-state index contributed by atoms with van der Waals surface area (Å²) in [5.41, 5.74) is 3.84. The van der Waals surface area contributed by atoms with Crippen molar-refractivity contribution in [1.29, 1.82) is 0 Å². The van der Waals surface area contributed by atoms with Gasteiger partial charge in [-0.1, -0.05) is 11.6 Å². The number of hydrogen-bond donors (Lipinski definition) is 0. The summed E-state index contributed by atoms with van der Waals surface area (Å²) in [6, 6.07) is 3.97. The zero-order valence-corrected chi connectivity index (χ0v) is 17.2. The average molecular weight is 405 g/mol. The minimum absolute atomic E-state index is 0.103. The number of carbonyl (C=O) groups is 2. The van der Waals surface area contributed by atoms with E-state index in [0.29, 0.717) is 18.1 Å². The molecule has 2 aromatic rings. The van der Waals surface area contributed by atoms with Crippen molar-refractivity contribution in [2.75, 3.05) is 19.7 Å². The van der Waals surface area contributed by atoms with Crippen molar-refractivity contribution in [2.45, 2.75) is 40.0 Å². The normalized spacial score (nSPS) is 14.3. The number of benzene rings is 1. The maximum Gasteiger partial charge on any atom is 0.428 e. The lowest BCUT2D eigenvalue weighted by molar-refractivity contribution is -0.148. The fourth-order valence-electron chi connectivity index (χ4n) is 3.48. The highest BCUT2D eigenvalue weighted by Gasteiger charge is 2.30. The fourth-order valence-corrected chi connectivity index (χ4v) is 3.61. The first kappa shape index (κ1) is 20.2. The molecule has 1 saturated heterocycles. The second-order valence-corrected chi connectivity index (χ2v) is 7.32. The van der Waals surface area contributed by atoms with Crippen LogP contribution in [-0.2, 0) is 16.0 Å². The highest BCUT2D eigenvalue weighted by Crippen LogP contribution is 2.23. The van der Waals surface area contributed by atoms with E-state index in [9.17, 15) is 9.59 Å². The predicted molar refractivity (Wildman–Crippen MR) is 106 cm³/mol. The summed E-state index contributed by atoms with van der Waals surface area (Å²) < 4.78 is 6.81. The molecule has 2 amide bonds. The molecule has 1 aliphatic heterocycles. The van der Waals surface area contributed by atoms with Gasteiger partial charge in [-0.3, -0.25) is 4.79 Å². The standard InChI is InChI=1S/C20H25ClN4O3/c1-4-28-20(27)25-8-6-5-7-24(25)19(26)11-18-14(2)9-17(10-15(18)3)23-13-16(21)12-22-23/h9-10,12-13H,4-8,11H2,1-3H3. The van der Waals surface area contributed by atoms with Crippen molar-refractivity contribution in [3.8, 4) is 5.69 Å². The van der Waals surface area contributed by atoms with Gasteiger partial charge >= 0.3 is 6.09 Å². The quantitative estimate of drug-likeness (QED) is 0.779. The Labute approximate surface area is 169 Å². The van der Waals surface area contributed by atoms with Crippen molar-refractivity contribution >= 4 is 23.6 Å². The van der Waals surface area contributed by atoms with Crippen LogP contribution < -0.4 is 0 Å². The van der Waals surface area contributed by atoms with E-state index in [1.165, 1.54) is 10.0 Å². The molecule has 0 aliphatic carbocycles. The number of ether oxygens (including phenoxy) is 1. The van der Waals surface area contributed by atoms with Gasteiger partial charge in [0.2, 0.25) is 5.91 Å². The van der Waals surface area contributed by atoms with Gasteiger partial charge in [0, 0.05) is 19.3 Å². The molecule has 2 heterocycles. The Hall–Kier alpha value is -2.54. The SMILES string of the molecule is CCOC(=O)N1CCCCN1C(=O)Cc1c(C)cc(-n2cc(Cl)cn2)cc1C. The highest BCUT2D eigenvalue weighted by molar-refractivity contribution is 6.30. The molecule has 1 aromatic heterocycles. The third-order valence-electron chi connectivity index (χ3n) is 4.87. The Morgan fingerprint density at radius 3 is 2.36 bits per heavy atom. The molecule has 3 rings (SSSR count). The van der Waals surface area contributed by atoms with Crippen LogP contribution in [0.5, 0.6) is 0 Å². The van der Waals surface area contributed by atoms with Gasteiger partial charge in [-0.25, -0.2) is 19.5 Å². The maximum atomic E-state index is 13.0. The topological polar surface area (TPSA) is 67.7 Å². The largest absolute Gasteiger partial charge is 0.448 e. The summed E-state index contributed by atoms with van der Waals surface area (Å²) in [6.07, 6.45) is 4.83. The molecule has 150 valence electrons. The van der Waals surface area contributed by atoms with Gasteiger partial charge in [-0.15, -0.1) is 0 Å². The Balaban J connectivity index is 1.80. The fraction of sp³-hybridized carbons (Fsp3) is 0.450. The first-order valence-electron chi connectivity index (χ1n) is 9.46. The first-order valence-corrected chi connectivity index (χ1v) is 9.83. The second-order valence-electron chi connectivity index (χ2n) is 6.88. The van der Waals surface area contributed by atoms with Crippen molar-refractivity contribution in [3.05, 3.63) is 46.2 Å². The summed E-state index contributed by atoms with van der Waals surface area (Å²) in [6.45, 7) is 7.03. The van der Waals surface area contributed by atoms with E-state index in [2.05, 4.69) is 5.10 Å². The summed E-state index contributed by atoms with van der Waals surface area (Å²) >= 11 is 5.96. The van der Waals surface area contributed by atoms with Crippen molar-refractivity contribution < 1.29 is 14.3 Å². The zero-order valence-electron chi connectivity index (χ0n) is 16.4. The molecule has 1 aliphatic rings. The Bertz CT molecular complexity index is 857. The molecule has 7 nitrogen and oxygen atoms in total. The van der Waals surface area contributed by atoms with E-state index < -0.39 is 6.09 Å².